The maximum Gasteiger partial charge on any atom is 0.220 e. The van der Waals surface area contributed by atoms with Crippen molar-refractivity contribution >= 4 is 11.4 Å². The number of hydrogen-bond donors (Lipinski definition) is 1. The van der Waals surface area contributed by atoms with Gasteiger partial charge < -0.3 is 10.1 Å². The zero-order chi connectivity index (χ0) is 16.1. The number of carbonyl (C=O) groups excluding carboxylic acids is 1. The summed E-state index contributed by atoms with van der Waals surface area (Å²) in [6.45, 7) is 0.495. The summed E-state index contributed by atoms with van der Waals surface area (Å²) in [5.41, 5.74) is 3.16. The fourth-order valence-electron chi connectivity index (χ4n) is 2.46. The van der Waals surface area contributed by atoms with Crippen molar-refractivity contribution in [3.63, 3.8) is 0 Å². The number of nitrogens with one attached hydrogen (secondary N) is 1. The van der Waals surface area contributed by atoms with Gasteiger partial charge in [-0.2, -0.15) is 5.10 Å². The Morgan fingerprint density at radius 3 is 2.83 bits per heavy atom. The molecular formula is C18H19N3O2. The molecule has 2 aromatic heterocycles. The number of ether oxygens (including phenoxy) is 1. The predicted octanol–water partition coefficient (Wildman–Crippen LogP) is 2.59. The summed E-state index contributed by atoms with van der Waals surface area (Å²) in [5, 5.41) is 7.21. The lowest BCUT2D eigenvalue weighted by Gasteiger charge is -2.05. The SMILES string of the molecule is COc1ccc(CCC(=O)NCc2cnn3ccccc23)cc1. The maximum atomic E-state index is 12.0. The first-order chi connectivity index (χ1) is 11.3. The summed E-state index contributed by atoms with van der Waals surface area (Å²) >= 11 is 0. The Bertz CT molecular complexity index is 793. The normalized spacial score (nSPS) is 10.7. The number of nitrogens with zero attached hydrogens (tertiary/aromatic N) is 2. The highest BCUT2D eigenvalue weighted by Crippen LogP contribution is 2.13. The van der Waals surface area contributed by atoms with E-state index < -0.39 is 0 Å². The smallest absolute Gasteiger partial charge is 0.220 e. The lowest BCUT2D eigenvalue weighted by Crippen LogP contribution is -2.22. The average Bonchev–Trinajstić information content (AvgIpc) is 3.02. The molecule has 1 amide bonds. The van der Waals surface area contributed by atoms with Gasteiger partial charge in [0.15, 0.2) is 0 Å². The van der Waals surface area contributed by atoms with E-state index in [2.05, 4.69) is 10.4 Å². The Morgan fingerprint density at radius 1 is 1.22 bits per heavy atom. The number of amides is 1. The maximum absolute atomic E-state index is 12.0. The molecule has 23 heavy (non-hydrogen) atoms. The van der Waals surface area contributed by atoms with Gasteiger partial charge in [-0.3, -0.25) is 4.79 Å². The Hall–Kier alpha value is -2.82. The number of aryl methyl sites for hydroxylation is 1. The van der Waals surface area contributed by atoms with Crippen LogP contribution in [0.4, 0.5) is 0 Å². The quantitative estimate of drug-likeness (QED) is 0.761. The van der Waals surface area contributed by atoms with Gasteiger partial charge in [0.1, 0.15) is 5.75 Å². The zero-order valence-electron chi connectivity index (χ0n) is 13.0. The van der Waals surface area contributed by atoms with Gasteiger partial charge in [-0.15, -0.1) is 0 Å². The van der Waals surface area contributed by atoms with Gasteiger partial charge in [0.2, 0.25) is 5.91 Å². The molecule has 5 heteroatoms. The fourth-order valence-corrected chi connectivity index (χ4v) is 2.46. The molecule has 1 aromatic carbocycles. The molecule has 3 aromatic rings. The van der Waals surface area contributed by atoms with Crippen LogP contribution >= 0.6 is 0 Å². The van der Waals surface area contributed by atoms with Gasteiger partial charge in [-0.25, -0.2) is 4.52 Å². The van der Waals surface area contributed by atoms with Gasteiger partial charge in [-0.1, -0.05) is 18.2 Å². The molecule has 0 aliphatic rings. The van der Waals surface area contributed by atoms with Crippen LogP contribution in [-0.2, 0) is 17.8 Å². The van der Waals surface area contributed by atoms with Crippen molar-refractivity contribution in [3.8, 4) is 5.75 Å². The molecule has 3 rings (SSSR count). The van der Waals surface area contributed by atoms with Crippen molar-refractivity contribution in [1.82, 2.24) is 14.9 Å². The van der Waals surface area contributed by atoms with Gasteiger partial charge in [-0.05, 0) is 36.2 Å². The van der Waals surface area contributed by atoms with Crippen LogP contribution in [0.3, 0.4) is 0 Å². The van der Waals surface area contributed by atoms with Crippen molar-refractivity contribution in [2.24, 2.45) is 0 Å². The Morgan fingerprint density at radius 2 is 2.04 bits per heavy atom. The predicted molar refractivity (Wildman–Crippen MR) is 88.4 cm³/mol. The van der Waals surface area contributed by atoms with Crippen LogP contribution in [-0.4, -0.2) is 22.6 Å². The lowest BCUT2D eigenvalue weighted by atomic mass is 10.1. The van der Waals surface area contributed by atoms with Gasteiger partial charge in [0, 0.05) is 24.7 Å². The molecule has 118 valence electrons. The highest BCUT2D eigenvalue weighted by molar-refractivity contribution is 5.76. The van der Waals surface area contributed by atoms with Crippen LogP contribution in [0.2, 0.25) is 0 Å². The minimum Gasteiger partial charge on any atom is -0.497 e. The van der Waals surface area contributed by atoms with Crippen LogP contribution < -0.4 is 10.1 Å². The number of benzene rings is 1. The van der Waals surface area contributed by atoms with Crippen LogP contribution in [0.5, 0.6) is 5.75 Å². The molecule has 0 aliphatic heterocycles. The summed E-state index contributed by atoms with van der Waals surface area (Å²) in [7, 11) is 1.64. The first kappa shape index (κ1) is 15.1. The minimum absolute atomic E-state index is 0.0381. The fraction of sp³-hybridized carbons (Fsp3) is 0.222. The van der Waals surface area contributed by atoms with Crippen molar-refractivity contribution < 1.29 is 9.53 Å². The number of fused-ring (bicyclic) bond motifs is 1. The van der Waals surface area contributed by atoms with E-state index in [0.29, 0.717) is 19.4 Å². The van der Waals surface area contributed by atoms with Crippen molar-refractivity contribution in [3.05, 3.63) is 66.0 Å². The Labute approximate surface area is 134 Å². The summed E-state index contributed by atoms with van der Waals surface area (Å²) < 4.78 is 6.93. The molecule has 0 unspecified atom stereocenters. The second kappa shape index (κ2) is 6.96. The molecule has 0 aliphatic carbocycles. The first-order valence-corrected chi connectivity index (χ1v) is 7.57. The highest BCUT2D eigenvalue weighted by atomic mass is 16.5. The van der Waals surface area contributed by atoms with Crippen molar-refractivity contribution in [2.45, 2.75) is 19.4 Å². The third-order valence-corrected chi connectivity index (χ3v) is 3.78. The number of carbonyl (C=O) groups is 1. The van der Waals surface area contributed by atoms with Crippen molar-refractivity contribution in [2.75, 3.05) is 7.11 Å². The first-order valence-electron chi connectivity index (χ1n) is 7.57. The van der Waals surface area contributed by atoms with E-state index in [-0.39, 0.29) is 5.91 Å². The van der Waals surface area contributed by atoms with Crippen LogP contribution in [0, 0.1) is 0 Å². The molecule has 0 saturated heterocycles. The van der Waals surface area contributed by atoms with Crippen LogP contribution in [0.25, 0.3) is 5.52 Å². The van der Waals surface area contributed by atoms with E-state index in [0.717, 1.165) is 22.4 Å². The van der Waals surface area contributed by atoms with Crippen LogP contribution in [0.1, 0.15) is 17.5 Å². The standard InChI is InChI=1S/C18H19N3O2/c1-23-16-8-5-14(6-9-16)7-10-18(22)19-12-15-13-20-21-11-3-2-4-17(15)21/h2-6,8-9,11,13H,7,10,12H2,1H3,(H,19,22). The summed E-state index contributed by atoms with van der Waals surface area (Å²) in [6.07, 6.45) is 4.86. The lowest BCUT2D eigenvalue weighted by molar-refractivity contribution is -0.121. The van der Waals surface area contributed by atoms with E-state index in [4.69, 9.17) is 4.74 Å². The third kappa shape index (κ3) is 3.69. The molecule has 0 atom stereocenters. The third-order valence-electron chi connectivity index (χ3n) is 3.78. The van der Waals surface area contributed by atoms with Gasteiger partial charge >= 0.3 is 0 Å². The van der Waals surface area contributed by atoms with Crippen LogP contribution in [0.15, 0.2) is 54.9 Å². The molecule has 1 N–H and O–H groups in total. The number of pyridine rings is 1. The molecule has 2 heterocycles. The Kier molecular flexibility index (Phi) is 4.57. The largest absolute Gasteiger partial charge is 0.497 e. The summed E-state index contributed by atoms with van der Waals surface area (Å²) in [4.78, 5) is 12.0. The second-order valence-corrected chi connectivity index (χ2v) is 5.33. The number of methoxy groups -OCH3 is 1. The van der Waals surface area contributed by atoms with E-state index in [1.165, 1.54) is 0 Å². The van der Waals surface area contributed by atoms with E-state index >= 15 is 0 Å². The number of hydrogen-bond acceptors (Lipinski definition) is 3. The monoisotopic (exact) mass is 309 g/mol. The second-order valence-electron chi connectivity index (χ2n) is 5.33. The minimum atomic E-state index is 0.0381. The summed E-state index contributed by atoms with van der Waals surface area (Å²) in [5.74, 6) is 0.863. The molecule has 0 saturated carbocycles. The number of rotatable bonds is 6. The summed E-state index contributed by atoms with van der Waals surface area (Å²) in [6, 6.07) is 13.7. The molecule has 5 nitrogen and oxygen atoms in total. The average molecular weight is 309 g/mol. The number of aromatic nitrogens is 2. The topological polar surface area (TPSA) is 55.6 Å². The van der Waals surface area contributed by atoms with Gasteiger partial charge in [0.25, 0.3) is 0 Å². The molecular weight excluding hydrogens is 290 g/mol. The highest BCUT2D eigenvalue weighted by Gasteiger charge is 2.06. The Balaban J connectivity index is 1.51. The zero-order valence-corrected chi connectivity index (χ0v) is 13.0. The molecule has 0 bridgehead atoms. The molecule has 0 spiro atoms. The van der Waals surface area contributed by atoms with E-state index in [9.17, 15) is 4.79 Å². The molecule has 0 fully saturated rings. The van der Waals surface area contributed by atoms with E-state index in [1.807, 2.05) is 48.7 Å². The molecule has 0 radical (unpaired) electrons. The van der Waals surface area contributed by atoms with Crippen molar-refractivity contribution in [1.29, 1.82) is 0 Å². The van der Waals surface area contributed by atoms with Gasteiger partial charge in [0.05, 0.1) is 18.8 Å². The van der Waals surface area contributed by atoms with E-state index in [1.54, 1.807) is 17.8 Å².